The second-order valence-electron chi connectivity index (χ2n) is 7.28. The minimum absolute atomic E-state index is 0.156. The summed E-state index contributed by atoms with van der Waals surface area (Å²) in [6, 6.07) is 9.36. The van der Waals surface area contributed by atoms with Crippen LogP contribution in [0.1, 0.15) is 43.6 Å². The molecule has 1 saturated heterocycles. The average molecular weight is 314 g/mol. The summed E-state index contributed by atoms with van der Waals surface area (Å²) >= 11 is 0. The van der Waals surface area contributed by atoms with Gasteiger partial charge in [0.05, 0.1) is 7.11 Å². The zero-order valence-corrected chi connectivity index (χ0v) is 13.8. The molecule has 1 aliphatic heterocycles. The van der Waals surface area contributed by atoms with Crippen LogP contribution in [0.5, 0.6) is 5.75 Å². The lowest BCUT2D eigenvalue weighted by atomic mass is 10.0. The lowest BCUT2D eigenvalue weighted by Gasteiger charge is -2.32. The van der Waals surface area contributed by atoms with Gasteiger partial charge in [0.25, 0.3) is 0 Å². The number of methoxy groups -OCH3 is 1. The van der Waals surface area contributed by atoms with E-state index in [0.717, 1.165) is 44.1 Å². The SMILES string of the molecule is COc1cccc([C@H]2C[C@H]2C(=O)NC2CCN(C3CC3)CC2)c1. The molecule has 0 aromatic heterocycles. The van der Waals surface area contributed by atoms with Crippen LogP contribution in [-0.4, -0.2) is 43.1 Å². The summed E-state index contributed by atoms with van der Waals surface area (Å²) in [6.45, 7) is 2.30. The molecule has 1 aromatic rings. The second kappa shape index (κ2) is 6.16. The van der Waals surface area contributed by atoms with Crippen molar-refractivity contribution in [2.45, 2.75) is 50.1 Å². The monoisotopic (exact) mass is 314 g/mol. The minimum Gasteiger partial charge on any atom is -0.497 e. The summed E-state index contributed by atoms with van der Waals surface area (Å²) in [5, 5.41) is 3.29. The van der Waals surface area contributed by atoms with Crippen LogP contribution >= 0.6 is 0 Å². The Kier molecular flexibility index (Phi) is 4.02. The largest absolute Gasteiger partial charge is 0.497 e. The summed E-state index contributed by atoms with van der Waals surface area (Å²) < 4.78 is 5.28. The first-order valence-corrected chi connectivity index (χ1v) is 8.93. The van der Waals surface area contributed by atoms with Crippen LogP contribution in [0.3, 0.4) is 0 Å². The van der Waals surface area contributed by atoms with E-state index in [0.29, 0.717) is 12.0 Å². The Labute approximate surface area is 138 Å². The predicted molar refractivity (Wildman–Crippen MR) is 89.6 cm³/mol. The molecule has 23 heavy (non-hydrogen) atoms. The molecule has 124 valence electrons. The van der Waals surface area contributed by atoms with Crippen molar-refractivity contribution in [3.8, 4) is 5.75 Å². The molecule has 2 atom stereocenters. The van der Waals surface area contributed by atoms with Crippen LogP contribution in [0.25, 0.3) is 0 Å². The van der Waals surface area contributed by atoms with Gasteiger partial charge in [-0.15, -0.1) is 0 Å². The lowest BCUT2D eigenvalue weighted by Crippen LogP contribution is -2.45. The molecule has 0 spiro atoms. The number of nitrogens with one attached hydrogen (secondary N) is 1. The molecule has 1 amide bonds. The number of ether oxygens (including phenoxy) is 1. The first-order valence-electron chi connectivity index (χ1n) is 8.93. The molecule has 4 nitrogen and oxygen atoms in total. The van der Waals surface area contributed by atoms with Crippen molar-refractivity contribution < 1.29 is 9.53 Å². The molecule has 0 unspecified atom stereocenters. The smallest absolute Gasteiger partial charge is 0.223 e. The summed E-state index contributed by atoms with van der Waals surface area (Å²) in [7, 11) is 1.68. The fraction of sp³-hybridized carbons (Fsp3) is 0.632. The summed E-state index contributed by atoms with van der Waals surface area (Å²) in [5.74, 6) is 1.66. The number of rotatable bonds is 5. The van der Waals surface area contributed by atoms with Crippen LogP contribution in [-0.2, 0) is 4.79 Å². The van der Waals surface area contributed by atoms with E-state index in [1.165, 1.54) is 18.4 Å². The van der Waals surface area contributed by atoms with Crippen molar-refractivity contribution in [2.75, 3.05) is 20.2 Å². The molecular formula is C19H26N2O2. The summed E-state index contributed by atoms with van der Waals surface area (Å²) in [4.78, 5) is 15.1. The molecule has 2 saturated carbocycles. The van der Waals surface area contributed by atoms with Crippen molar-refractivity contribution in [2.24, 2.45) is 5.92 Å². The molecule has 2 aliphatic carbocycles. The highest BCUT2D eigenvalue weighted by molar-refractivity contribution is 5.83. The van der Waals surface area contributed by atoms with E-state index in [4.69, 9.17) is 4.74 Å². The quantitative estimate of drug-likeness (QED) is 0.908. The molecule has 3 fully saturated rings. The second-order valence-corrected chi connectivity index (χ2v) is 7.28. The van der Waals surface area contributed by atoms with Gasteiger partial charge in [-0.05, 0) is 55.7 Å². The third-order valence-electron chi connectivity index (χ3n) is 5.59. The number of carbonyl (C=O) groups is 1. The zero-order valence-electron chi connectivity index (χ0n) is 13.8. The molecule has 0 bridgehead atoms. The maximum absolute atomic E-state index is 12.5. The number of benzene rings is 1. The number of piperidine rings is 1. The van der Waals surface area contributed by atoms with E-state index in [2.05, 4.69) is 22.3 Å². The Bertz CT molecular complexity index is 576. The topological polar surface area (TPSA) is 41.6 Å². The maximum Gasteiger partial charge on any atom is 0.223 e. The van der Waals surface area contributed by atoms with Crippen LogP contribution < -0.4 is 10.1 Å². The highest BCUT2D eigenvalue weighted by atomic mass is 16.5. The first-order chi connectivity index (χ1) is 11.2. The number of hydrogen-bond donors (Lipinski definition) is 1. The third-order valence-corrected chi connectivity index (χ3v) is 5.59. The number of nitrogens with zero attached hydrogens (tertiary/aromatic N) is 1. The van der Waals surface area contributed by atoms with Gasteiger partial charge in [-0.2, -0.15) is 0 Å². The van der Waals surface area contributed by atoms with Gasteiger partial charge in [-0.25, -0.2) is 0 Å². The minimum atomic E-state index is 0.156. The standard InChI is InChI=1S/C19H26N2O2/c1-23-16-4-2-3-13(11-16)17-12-18(17)19(22)20-14-7-9-21(10-8-14)15-5-6-15/h2-4,11,14-15,17-18H,5-10,12H2,1H3,(H,20,22)/t17-,18-/m1/s1. The van der Waals surface area contributed by atoms with E-state index >= 15 is 0 Å². The van der Waals surface area contributed by atoms with E-state index in [9.17, 15) is 4.79 Å². The Morgan fingerprint density at radius 3 is 2.70 bits per heavy atom. The summed E-state index contributed by atoms with van der Waals surface area (Å²) in [6.07, 6.45) is 5.94. The molecule has 3 aliphatic rings. The first kappa shape index (κ1) is 15.0. The maximum atomic E-state index is 12.5. The van der Waals surface area contributed by atoms with E-state index in [1.807, 2.05) is 12.1 Å². The van der Waals surface area contributed by atoms with Crippen molar-refractivity contribution in [1.29, 1.82) is 0 Å². The van der Waals surface area contributed by atoms with Gasteiger partial charge in [-0.1, -0.05) is 12.1 Å². The predicted octanol–water partition coefficient (Wildman–Crippen LogP) is 2.54. The van der Waals surface area contributed by atoms with Gasteiger partial charge in [0.2, 0.25) is 5.91 Å². The zero-order chi connectivity index (χ0) is 15.8. The van der Waals surface area contributed by atoms with E-state index in [-0.39, 0.29) is 11.8 Å². The highest BCUT2D eigenvalue weighted by Crippen LogP contribution is 2.48. The van der Waals surface area contributed by atoms with Crippen molar-refractivity contribution in [3.05, 3.63) is 29.8 Å². The van der Waals surface area contributed by atoms with Crippen molar-refractivity contribution >= 4 is 5.91 Å². The van der Waals surface area contributed by atoms with Gasteiger partial charge in [0.1, 0.15) is 5.75 Å². The normalized spacial score (nSPS) is 28.4. The fourth-order valence-corrected chi connectivity index (χ4v) is 3.88. The Morgan fingerprint density at radius 2 is 2.00 bits per heavy atom. The van der Waals surface area contributed by atoms with E-state index in [1.54, 1.807) is 7.11 Å². The van der Waals surface area contributed by atoms with Crippen molar-refractivity contribution in [1.82, 2.24) is 10.2 Å². The summed E-state index contributed by atoms with van der Waals surface area (Å²) in [5.41, 5.74) is 1.23. The van der Waals surface area contributed by atoms with Crippen LogP contribution in [0.15, 0.2) is 24.3 Å². The number of likely N-dealkylation sites (tertiary alicyclic amines) is 1. The molecule has 1 heterocycles. The molecular weight excluding hydrogens is 288 g/mol. The van der Waals surface area contributed by atoms with Crippen LogP contribution in [0.4, 0.5) is 0 Å². The molecule has 4 heteroatoms. The van der Waals surface area contributed by atoms with E-state index < -0.39 is 0 Å². The lowest BCUT2D eigenvalue weighted by molar-refractivity contribution is -0.123. The van der Waals surface area contributed by atoms with Gasteiger partial charge in [0.15, 0.2) is 0 Å². The fourth-order valence-electron chi connectivity index (χ4n) is 3.88. The number of amides is 1. The molecule has 4 rings (SSSR count). The van der Waals surface area contributed by atoms with Gasteiger partial charge in [0, 0.05) is 31.1 Å². The van der Waals surface area contributed by atoms with Gasteiger partial charge >= 0.3 is 0 Å². The van der Waals surface area contributed by atoms with Gasteiger partial charge in [-0.3, -0.25) is 4.79 Å². The molecule has 0 radical (unpaired) electrons. The average Bonchev–Trinajstić information content (AvgIpc) is 3.48. The number of hydrogen-bond acceptors (Lipinski definition) is 3. The van der Waals surface area contributed by atoms with Crippen molar-refractivity contribution in [3.63, 3.8) is 0 Å². The Hall–Kier alpha value is -1.55. The van der Waals surface area contributed by atoms with Crippen LogP contribution in [0.2, 0.25) is 0 Å². The Balaban J connectivity index is 1.27. The van der Waals surface area contributed by atoms with Gasteiger partial charge < -0.3 is 15.0 Å². The molecule has 1 N–H and O–H groups in total. The molecule has 1 aromatic carbocycles. The number of carbonyl (C=O) groups excluding carboxylic acids is 1. The highest BCUT2D eigenvalue weighted by Gasteiger charge is 2.44. The Morgan fingerprint density at radius 1 is 1.22 bits per heavy atom. The third kappa shape index (κ3) is 3.37. The van der Waals surface area contributed by atoms with Crippen LogP contribution in [0, 0.1) is 5.92 Å².